The number of oxime groups is 1. The van der Waals surface area contributed by atoms with Crippen LogP contribution in [0.5, 0.6) is 0 Å². The van der Waals surface area contributed by atoms with E-state index in [4.69, 9.17) is 4.84 Å². The van der Waals surface area contributed by atoms with E-state index in [-0.39, 0.29) is 29.4 Å². The standard InChI is InChI=1S/C27H37N3O3/c1-26-12-10-19(30-33-17-25(32)29-16-20-5-3-4-14-28-20)15-18(26)6-7-21-22-8-9-24(31)27(22,2)13-11-23(21)26/h3-5,14-15,21-24,31H,6-13,16-17H2,1-2H3,(H,29,32)/t21-,22+,23+,24+,26+,27+/m1/s1. The van der Waals surface area contributed by atoms with E-state index in [0.717, 1.165) is 49.4 Å². The first kappa shape index (κ1) is 22.6. The molecule has 0 saturated heterocycles. The maximum Gasteiger partial charge on any atom is 0.261 e. The molecule has 3 saturated carbocycles. The lowest BCUT2D eigenvalue weighted by Gasteiger charge is -2.57. The fourth-order valence-corrected chi connectivity index (χ4v) is 7.53. The van der Waals surface area contributed by atoms with Gasteiger partial charge in [0.1, 0.15) is 0 Å². The molecular weight excluding hydrogens is 414 g/mol. The minimum absolute atomic E-state index is 0.0793. The van der Waals surface area contributed by atoms with Crippen molar-refractivity contribution >= 4 is 11.6 Å². The third-order valence-electron chi connectivity index (χ3n) is 9.50. The number of pyridine rings is 1. The number of carbonyl (C=O) groups excluding carboxylic acids is 1. The molecule has 4 aliphatic rings. The molecular formula is C27H37N3O3. The summed E-state index contributed by atoms with van der Waals surface area (Å²) in [6, 6.07) is 5.63. The van der Waals surface area contributed by atoms with E-state index in [0.29, 0.717) is 18.4 Å². The Kier molecular flexibility index (Phi) is 6.06. The average molecular weight is 452 g/mol. The van der Waals surface area contributed by atoms with Crippen LogP contribution in [0.3, 0.4) is 0 Å². The maximum absolute atomic E-state index is 12.1. The van der Waals surface area contributed by atoms with Gasteiger partial charge in [-0.05, 0) is 98.2 Å². The second-order valence-corrected chi connectivity index (χ2v) is 11.1. The van der Waals surface area contributed by atoms with Gasteiger partial charge >= 0.3 is 0 Å². The molecule has 33 heavy (non-hydrogen) atoms. The summed E-state index contributed by atoms with van der Waals surface area (Å²) < 4.78 is 0. The van der Waals surface area contributed by atoms with Crippen molar-refractivity contribution in [2.24, 2.45) is 33.7 Å². The molecule has 0 radical (unpaired) electrons. The van der Waals surface area contributed by atoms with Crippen molar-refractivity contribution in [1.82, 2.24) is 10.3 Å². The molecule has 0 aromatic carbocycles. The molecule has 0 bridgehead atoms. The first-order valence-corrected chi connectivity index (χ1v) is 12.6. The van der Waals surface area contributed by atoms with Gasteiger partial charge in [0.25, 0.3) is 5.91 Å². The number of nitrogens with zero attached hydrogens (tertiary/aromatic N) is 2. The molecule has 1 amide bonds. The summed E-state index contributed by atoms with van der Waals surface area (Å²) in [5.41, 5.74) is 3.65. The van der Waals surface area contributed by atoms with Gasteiger partial charge in [-0.1, -0.05) is 30.6 Å². The molecule has 6 atom stereocenters. The molecule has 0 spiro atoms. The summed E-state index contributed by atoms with van der Waals surface area (Å²) in [6.45, 7) is 5.12. The van der Waals surface area contributed by atoms with Crippen LogP contribution in [0.15, 0.2) is 41.2 Å². The molecule has 1 aromatic rings. The van der Waals surface area contributed by atoms with Gasteiger partial charge in [0.15, 0.2) is 6.61 Å². The minimum atomic E-state index is -0.192. The number of allylic oxidation sites excluding steroid dienone is 2. The second kappa shape index (κ2) is 8.86. The molecule has 0 unspecified atom stereocenters. The topological polar surface area (TPSA) is 83.8 Å². The number of amides is 1. The van der Waals surface area contributed by atoms with Crippen molar-refractivity contribution in [1.29, 1.82) is 0 Å². The quantitative estimate of drug-likeness (QED) is 0.650. The molecule has 178 valence electrons. The van der Waals surface area contributed by atoms with E-state index in [1.807, 2.05) is 18.2 Å². The molecule has 4 aliphatic carbocycles. The lowest BCUT2D eigenvalue weighted by Crippen LogP contribution is -2.51. The highest BCUT2D eigenvalue weighted by atomic mass is 16.6. The first-order chi connectivity index (χ1) is 15.9. The number of aliphatic hydroxyl groups excluding tert-OH is 1. The van der Waals surface area contributed by atoms with Crippen LogP contribution in [0.4, 0.5) is 0 Å². The second-order valence-electron chi connectivity index (χ2n) is 11.1. The highest BCUT2D eigenvalue weighted by Crippen LogP contribution is 2.65. The zero-order valence-electron chi connectivity index (χ0n) is 19.9. The average Bonchev–Trinajstić information content (AvgIpc) is 3.13. The van der Waals surface area contributed by atoms with Gasteiger partial charge in [-0.15, -0.1) is 0 Å². The normalized spacial score (nSPS) is 38.6. The van der Waals surface area contributed by atoms with Crippen LogP contribution >= 0.6 is 0 Å². The number of rotatable bonds is 5. The number of hydrogen-bond donors (Lipinski definition) is 2. The Labute approximate surface area is 196 Å². The Morgan fingerprint density at radius 3 is 2.88 bits per heavy atom. The molecule has 2 N–H and O–H groups in total. The van der Waals surface area contributed by atoms with Gasteiger partial charge in [-0.3, -0.25) is 9.78 Å². The molecule has 3 fully saturated rings. The Morgan fingerprint density at radius 1 is 1.18 bits per heavy atom. The smallest absolute Gasteiger partial charge is 0.261 e. The van der Waals surface area contributed by atoms with Crippen LogP contribution in [-0.4, -0.2) is 34.4 Å². The maximum atomic E-state index is 12.1. The van der Waals surface area contributed by atoms with Gasteiger partial charge in [0, 0.05) is 6.20 Å². The minimum Gasteiger partial charge on any atom is -0.393 e. The van der Waals surface area contributed by atoms with Gasteiger partial charge in [-0.2, -0.15) is 0 Å². The molecule has 0 aliphatic heterocycles. The number of carbonyl (C=O) groups is 1. The number of nitrogens with one attached hydrogen (secondary N) is 1. The summed E-state index contributed by atoms with van der Waals surface area (Å²) in [4.78, 5) is 21.7. The third-order valence-corrected chi connectivity index (χ3v) is 9.50. The number of fused-ring (bicyclic) bond motifs is 5. The molecule has 6 heteroatoms. The monoisotopic (exact) mass is 451 g/mol. The summed E-state index contributed by atoms with van der Waals surface area (Å²) >= 11 is 0. The van der Waals surface area contributed by atoms with Crippen LogP contribution < -0.4 is 5.32 Å². The lowest BCUT2D eigenvalue weighted by atomic mass is 9.47. The van der Waals surface area contributed by atoms with Crippen LogP contribution in [-0.2, 0) is 16.2 Å². The molecule has 5 rings (SSSR count). The van der Waals surface area contributed by atoms with Gasteiger partial charge in [0.05, 0.1) is 24.1 Å². The Morgan fingerprint density at radius 2 is 2.06 bits per heavy atom. The summed E-state index contributed by atoms with van der Waals surface area (Å²) in [5.74, 6) is 1.93. The van der Waals surface area contributed by atoms with Crippen molar-refractivity contribution in [3.05, 3.63) is 41.7 Å². The largest absolute Gasteiger partial charge is 0.393 e. The van der Waals surface area contributed by atoms with Crippen molar-refractivity contribution in [2.75, 3.05) is 6.61 Å². The lowest BCUT2D eigenvalue weighted by molar-refractivity contribution is -0.125. The van der Waals surface area contributed by atoms with E-state index < -0.39 is 0 Å². The highest BCUT2D eigenvalue weighted by Gasteiger charge is 2.58. The van der Waals surface area contributed by atoms with Crippen molar-refractivity contribution in [2.45, 2.75) is 77.9 Å². The SMILES string of the molecule is C[C@]12CC[C@H]3[C@H](CCC4=CC(=NOCC(=O)NCc5ccccn5)CC[C@@]43C)[C@@H]1CC[C@@H]2O. The highest BCUT2D eigenvalue weighted by molar-refractivity contribution is 5.96. The van der Waals surface area contributed by atoms with Crippen molar-refractivity contribution in [3.63, 3.8) is 0 Å². The first-order valence-electron chi connectivity index (χ1n) is 12.6. The molecule has 1 aromatic heterocycles. The molecule has 6 nitrogen and oxygen atoms in total. The van der Waals surface area contributed by atoms with E-state index in [1.165, 1.54) is 24.8 Å². The van der Waals surface area contributed by atoms with E-state index in [1.54, 1.807) is 6.20 Å². The zero-order chi connectivity index (χ0) is 23.1. The predicted octanol–water partition coefficient (Wildman–Crippen LogP) is 4.39. The van der Waals surface area contributed by atoms with Crippen molar-refractivity contribution < 1.29 is 14.7 Å². The third kappa shape index (κ3) is 4.11. The van der Waals surface area contributed by atoms with Gasteiger partial charge in [0.2, 0.25) is 0 Å². The van der Waals surface area contributed by atoms with Crippen LogP contribution in [0, 0.1) is 28.6 Å². The van der Waals surface area contributed by atoms with Crippen LogP contribution in [0.1, 0.15) is 70.9 Å². The van der Waals surface area contributed by atoms with E-state index in [9.17, 15) is 9.90 Å². The van der Waals surface area contributed by atoms with Crippen molar-refractivity contribution in [3.8, 4) is 0 Å². The number of hydrogen-bond acceptors (Lipinski definition) is 5. The zero-order valence-corrected chi connectivity index (χ0v) is 19.9. The van der Waals surface area contributed by atoms with E-state index in [2.05, 4.69) is 35.4 Å². The fourth-order valence-electron chi connectivity index (χ4n) is 7.53. The summed E-state index contributed by atoms with van der Waals surface area (Å²) in [7, 11) is 0. The number of aromatic nitrogens is 1. The Balaban J connectivity index is 1.19. The van der Waals surface area contributed by atoms with E-state index >= 15 is 0 Å². The Hall–Kier alpha value is -2.21. The van der Waals surface area contributed by atoms with Gasteiger partial charge in [-0.25, -0.2) is 0 Å². The van der Waals surface area contributed by atoms with Crippen LogP contribution in [0.2, 0.25) is 0 Å². The van der Waals surface area contributed by atoms with Crippen LogP contribution in [0.25, 0.3) is 0 Å². The Bertz CT molecular complexity index is 945. The summed E-state index contributed by atoms with van der Waals surface area (Å²) in [5, 5.41) is 17.8. The predicted molar refractivity (Wildman–Crippen MR) is 127 cm³/mol. The number of aliphatic hydroxyl groups is 1. The van der Waals surface area contributed by atoms with Gasteiger partial charge < -0.3 is 15.3 Å². The molecule has 1 heterocycles. The summed E-state index contributed by atoms with van der Waals surface area (Å²) in [6.07, 6.45) is 12.7. The fraction of sp³-hybridized carbons (Fsp3) is 0.667.